The number of rotatable bonds is 7. The monoisotopic (exact) mass is 423 g/mol. The number of nitrogens with one attached hydrogen (secondary N) is 3. The lowest BCUT2D eigenvalue weighted by atomic mass is 10.1. The van der Waals surface area contributed by atoms with Crippen molar-refractivity contribution in [3.8, 4) is 5.75 Å². The van der Waals surface area contributed by atoms with Crippen LogP contribution in [0.4, 0.5) is 23.7 Å². The van der Waals surface area contributed by atoms with E-state index >= 15 is 0 Å². The molecule has 0 aromatic heterocycles. The largest absolute Gasteiger partial charge is 0.497 e. The van der Waals surface area contributed by atoms with Gasteiger partial charge in [-0.1, -0.05) is 18.2 Å². The lowest BCUT2D eigenvalue weighted by Gasteiger charge is -2.16. The number of benzene rings is 2. The van der Waals surface area contributed by atoms with Crippen molar-refractivity contribution in [2.24, 2.45) is 0 Å². The zero-order valence-corrected chi connectivity index (χ0v) is 16.9. The number of methoxy groups -OCH3 is 1. The molecule has 3 amide bonds. The molecule has 2 aromatic carbocycles. The Morgan fingerprint density at radius 3 is 2.53 bits per heavy atom. The number of hydrogen-bond donors (Lipinski definition) is 3. The van der Waals surface area contributed by atoms with Gasteiger partial charge in [0.2, 0.25) is 0 Å². The minimum atomic E-state index is -4.50. The second kappa shape index (κ2) is 10.00. The van der Waals surface area contributed by atoms with Crippen LogP contribution in [0.25, 0.3) is 0 Å². The van der Waals surface area contributed by atoms with Gasteiger partial charge in [-0.2, -0.15) is 13.2 Å². The molecule has 0 aliphatic carbocycles. The van der Waals surface area contributed by atoms with Gasteiger partial charge in [0.15, 0.2) is 0 Å². The highest BCUT2D eigenvalue weighted by atomic mass is 19.4. The van der Waals surface area contributed by atoms with Crippen molar-refractivity contribution in [1.29, 1.82) is 0 Å². The Labute approximate surface area is 172 Å². The molecule has 30 heavy (non-hydrogen) atoms. The van der Waals surface area contributed by atoms with Gasteiger partial charge in [-0.15, -0.1) is 0 Å². The second-order valence-electron chi connectivity index (χ2n) is 6.88. The summed E-state index contributed by atoms with van der Waals surface area (Å²) < 4.78 is 42.0. The van der Waals surface area contributed by atoms with E-state index in [4.69, 9.17) is 4.74 Å². The maximum absolute atomic E-state index is 12.3. The summed E-state index contributed by atoms with van der Waals surface area (Å²) >= 11 is 0. The summed E-state index contributed by atoms with van der Waals surface area (Å²) in [5, 5.41) is 7.24. The molecular weight excluding hydrogens is 399 g/mol. The van der Waals surface area contributed by atoms with E-state index in [9.17, 15) is 22.8 Å². The Kier molecular flexibility index (Phi) is 7.68. The molecule has 2 aromatic rings. The zero-order chi connectivity index (χ0) is 22.3. The van der Waals surface area contributed by atoms with E-state index in [1.165, 1.54) is 12.1 Å². The molecule has 0 bridgehead atoms. The molecule has 0 aliphatic rings. The Balaban J connectivity index is 1.97. The summed E-state index contributed by atoms with van der Waals surface area (Å²) in [6.07, 6.45) is -3.93. The highest BCUT2D eigenvalue weighted by molar-refractivity contribution is 5.97. The summed E-state index contributed by atoms with van der Waals surface area (Å²) in [5.41, 5.74) is 2.00. The number of anilines is 1. The SMILES string of the molecule is COc1cccc(CC(C)NC(=O)Nc2cc(C(=O)NCC(F)(F)F)ccc2C)c1. The number of alkyl halides is 3. The predicted molar refractivity (Wildman–Crippen MR) is 108 cm³/mol. The van der Waals surface area contributed by atoms with Crippen LogP contribution in [0.2, 0.25) is 0 Å². The number of halogens is 3. The van der Waals surface area contributed by atoms with Crippen molar-refractivity contribution in [2.45, 2.75) is 32.5 Å². The maximum Gasteiger partial charge on any atom is 0.405 e. The fraction of sp³-hybridized carbons (Fsp3) is 0.333. The molecule has 1 atom stereocenters. The van der Waals surface area contributed by atoms with E-state index < -0.39 is 24.7 Å². The van der Waals surface area contributed by atoms with Crippen LogP contribution in [0.15, 0.2) is 42.5 Å². The molecule has 0 saturated heterocycles. The van der Waals surface area contributed by atoms with Gasteiger partial charge in [0.1, 0.15) is 12.3 Å². The van der Waals surface area contributed by atoms with Crippen LogP contribution >= 0.6 is 0 Å². The molecular formula is C21H24F3N3O3. The van der Waals surface area contributed by atoms with Gasteiger partial charge in [0, 0.05) is 17.3 Å². The molecule has 3 N–H and O–H groups in total. The van der Waals surface area contributed by atoms with Gasteiger partial charge in [-0.3, -0.25) is 4.79 Å². The topological polar surface area (TPSA) is 79.5 Å². The third-order valence-corrected chi connectivity index (χ3v) is 4.25. The van der Waals surface area contributed by atoms with Crippen LogP contribution < -0.4 is 20.7 Å². The van der Waals surface area contributed by atoms with E-state index in [1.807, 2.05) is 31.2 Å². The van der Waals surface area contributed by atoms with Crippen LogP contribution in [0.1, 0.15) is 28.4 Å². The van der Waals surface area contributed by atoms with Crippen molar-refractivity contribution in [3.63, 3.8) is 0 Å². The van der Waals surface area contributed by atoms with E-state index in [0.29, 0.717) is 17.7 Å². The maximum atomic E-state index is 12.3. The summed E-state index contributed by atoms with van der Waals surface area (Å²) in [7, 11) is 1.58. The van der Waals surface area contributed by atoms with Gasteiger partial charge in [-0.05, 0) is 55.7 Å². The zero-order valence-electron chi connectivity index (χ0n) is 16.9. The standard InChI is InChI=1S/C21H24F3N3O3/c1-13-7-8-16(19(28)25-12-21(22,23)24)11-18(13)27-20(29)26-14(2)9-15-5-4-6-17(10-15)30-3/h4-8,10-11,14H,9,12H2,1-3H3,(H,25,28)(H2,26,27,29). The predicted octanol–water partition coefficient (Wildman–Crippen LogP) is 4.05. The third-order valence-electron chi connectivity index (χ3n) is 4.25. The Hall–Kier alpha value is -3.23. The molecule has 1 unspecified atom stereocenters. The summed E-state index contributed by atoms with van der Waals surface area (Å²) in [6, 6.07) is 11.1. The van der Waals surface area contributed by atoms with E-state index in [-0.39, 0.29) is 11.6 Å². The number of carbonyl (C=O) groups excluding carboxylic acids is 2. The van der Waals surface area contributed by atoms with Crippen LogP contribution in [0, 0.1) is 6.92 Å². The van der Waals surface area contributed by atoms with Crippen molar-refractivity contribution < 1.29 is 27.5 Å². The first-order valence-corrected chi connectivity index (χ1v) is 9.23. The molecule has 162 valence electrons. The average molecular weight is 423 g/mol. The van der Waals surface area contributed by atoms with E-state index in [0.717, 1.165) is 11.3 Å². The quantitative estimate of drug-likeness (QED) is 0.629. The van der Waals surface area contributed by atoms with Gasteiger partial charge < -0.3 is 20.7 Å². The Bertz CT molecular complexity index is 901. The second-order valence-corrected chi connectivity index (χ2v) is 6.88. The summed E-state index contributed by atoms with van der Waals surface area (Å²) in [6.45, 7) is 2.13. The number of hydrogen-bond acceptors (Lipinski definition) is 3. The molecule has 0 spiro atoms. The number of carbonyl (C=O) groups is 2. The minimum Gasteiger partial charge on any atom is -0.497 e. The van der Waals surface area contributed by atoms with Crippen LogP contribution in [-0.2, 0) is 6.42 Å². The molecule has 9 heteroatoms. The lowest BCUT2D eigenvalue weighted by Crippen LogP contribution is -2.37. The first kappa shape index (κ1) is 23.1. The van der Waals surface area contributed by atoms with Crippen LogP contribution in [-0.4, -0.2) is 37.8 Å². The molecule has 0 radical (unpaired) electrons. The van der Waals surface area contributed by atoms with Crippen molar-refractivity contribution in [1.82, 2.24) is 10.6 Å². The smallest absolute Gasteiger partial charge is 0.405 e. The van der Waals surface area contributed by atoms with E-state index in [1.54, 1.807) is 25.4 Å². The highest BCUT2D eigenvalue weighted by Gasteiger charge is 2.28. The fourth-order valence-corrected chi connectivity index (χ4v) is 2.77. The fourth-order valence-electron chi connectivity index (χ4n) is 2.77. The third kappa shape index (κ3) is 7.31. The highest BCUT2D eigenvalue weighted by Crippen LogP contribution is 2.18. The summed E-state index contributed by atoms with van der Waals surface area (Å²) in [5.74, 6) is -0.150. The van der Waals surface area contributed by atoms with Crippen LogP contribution in [0.3, 0.4) is 0 Å². The molecule has 0 fully saturated rings. The van der Waals surface area contributed by atoms with Crippen LogP contribution in [0.5, 0.6) is 5.75 Å². The van der Waals surface area contributed by atoms with Gasteiger partial charge >= 0.3 is 12.2 Å². The number of amides is 3. The van der Waals surface area contributed by atoms with Gasteiger partial charge in [0.25, 0.3) is 5.91 Å². The van der Waals surface area contributed by atoms with Crippen molar-refractivity contribution >= 4 is 17.6 Å². The Morgan fingerprint density at radius 2 is 1.87 bits per heavy atom. The Morgan fingerprint density at radius 1 is 1.13 bits per heavy atom. The lowest BCUT2D eigenvalue weighted by molar-refractivity contribution is -0.123. The molecule has 0 saturated carbocycles. The van der Waals surface area contributed by atoms with Gasteiger partial charge in [-0.25, -0.2) is 4.79 Å². The number of urea groups is 1. The number of ether oxygens (including phenoxy) is 1. The molecule has 2 rings (SSSR count). The van der Waals surface area contributed by atoms with Crippen molar-refractivity contribution in [3.05, 3.63) is 59.2 Å². The van der Waals surface area contributed by atoms with Gasteiger partial charge in [0.05, 0.1) is 7.11 Å². The van der Waals surface area contributed by atoms with Crippen molar-refractivity contribution in [2.75, 3.05) is 19.0 Å². The average Bonchev–Trinajstić information content (AvgIpc) is 2.67. The minimum absolute atomic E-state index is 0.0181. The van der Waals surface area contributed by atoms with E-state index in [2.05, 4.69) is 10.6 Å². The molecule has 6 nitrogen and oxygen atoms in total. The molecule has 0 aliphatic heterocycles. The molecule has 0 heterocycles. The first-order valence-electron chi connectivity index (χ1n) is 9.23. The number of aryl methyl sites for hydroxylation is 1. The summed E-state index contributed by atoms with van der Waals surface area (Å²) in [4.78, 5) is 24.3. The first-order chi connectivity index (χ1) is 14.1. The normalized spacial score (nSPS) is 12.1.